The van der Waals surface area contributed by atoms with Gasteiger partial charge in [0.2, 0.25) is 11.8 Å². The van der Waals surface area contributed by atoms with Crippen LogP contribution in [0.5, 0.6) is 5.88 Å². The van der Waals surface area contributed by atoms with Gasteiger partial charge in [0, 0.05) is 36.8 Å². The third-order valence-electron chi connectivity index (χ3n) is 4.00. The molecule has 1 fully saturated rings. The number of nitrogens with one attached hydrogen (secondary N) is 1. The Morgan fingerprint density at radius 2 is 2.08 bits per heavy atom. The lowest BCUT2D eigenvalue weighted by molar-refractivity contribution is -0.116. The molecule has 1 amide bonds. The van der Waals surface area contributed by atoms with E-state index < -0.39 is 0 Å². The molecule has 3 rings (SSSR count). The Kier molecular flexibility index (Phi) is 5.56. The molecule has 1 aliphatic rings. The molecule has 1 N–H and O–H groups in total. The van der Waals surface area contributed by atoms with Gasteiger partial charge in [-0.3, -0.25) is 9.78 Å². The number of amides is 1. The highest BCUT2D eigenvalue weighted by Gasteiger charge is 2.18. The van der Waals surface area contributed by atoms with Crippen LogP contribution in [0.15, 0.2) is 48.9 Å². The molecule has 2 aromatic heterocycles. The van der Waals surface area contributed by atoms with E-state index in [0.717, 1.165) is 24.0 Å². The van der Waals surface area contributed by atoms with Gasteiger partial charge in [0.05, 0.1) is 0 Å². The van der Waals surface area contributed by atoms with Crippen molar-refractivity contribution in [2.75, 3.05) is 0 Å². The molecule has 24 heavy (non-hydrogen) atoms. The van der Waals surface area contributed by atoms with E-state index in [1.807, 2.05) is 24.3 Å². The third-order valence-corrected chi connectivity index (χ3v) is 4.00. The third kappa shape index (κ3) is 4.65. The fourth-order valence-corrected chi connectivity index (χ4v) is 2.72. The summed E-state index contributed by atoms with van der Waals surface area (Å²) >= 11 is 0. The fraction of sp³-hybridized carbons (Fsp3) is 0.316. The van der Waals surface area contributed by atoms with Crippen molar-refractivity contribution in [1.29, 1.82) is 0 Å². The molecule has 2 heterocycles. The molecule has 124 valence electrons. The van der Waals surface area contributed by atoms with Crippen LogP contribution in [0.1, 0.15) is 36.8 Å². The van der Waals surface area contributed by atoms with Gasteiger partial charge in [-0.2, -0.15) is 0 Å². The standard InChI is InChI=1S/C19H21N3O2/c23-18(10-9-15-5-3-11-20-13-15)22-14-16-6-4-12-21-19(16)24-17-7-1-2-8-17/h3-6,9-13,17H,1-2,7-8,14H2,(H,22,23)/b10-9+. The van der Waals surface area contributed by atoms with E-state index in [0.29, 0.717) is 12.4 Å². The summed E-state index contributed by atoms with van der Waals surface area (Å²) in [5.74, 6) is 0.468. The number of ether oxygens (including phenoxy) is 1. The molecule has 0 unspecified atom stereocenters. The quantitative estimate of drug-likeness (QED) is 0.830. The Balaban J connectivity index is 1.56. The van der Waals surface area contributed by atoms with Gasteiger partial charge < -0.3 is 10.1 Å². The van der Waals surface area contributed by atoms with Crippen LogP contribution in [0.2, 0.25) is 0 Å². The summed E-state index contributed by atoms with van der Waals surface area (Å²) in [6.07, 6.45) is 13.2. The SMILES string of the molecule is O=C(/C=C/c1cccnc1)NCc1cccnc1OC1CCCC1. The summed E-state index contributed by atoms with van der Waals surface area (Å²) in [6, 6.07) is 7.52. The number of nitrogens with zero attached hydrogens (tertiary/aromatic N) is 2. The van der Waals surface area contributed by atoms with Gasteiger partial charge in [-0.05, 0) is 49.5 Å². The van der Waals surface area contributed by atoms with Crippen molar-refractivity contribution < 1.29 is 9.53 Å². The number of pyridine rings is 2. The second-order valence-electron chi connectivity index (χ2n) is 5.83. The number of aromatic nitrogens is 2. The number of hydrogen-bond acceptors (Lipinski definition) is 4. The first-order chi connectivity index (χ1) is 11.8. The predicted molar refractivity (Wildman–Crippen MR) is 92.2 cm³/mol. The van der Waals surface area contributed by atoms with Crippen LogP contribution in [0, 0.1) is 0 Å². The molecular weight excluding hydrogens is 302 g/mol. The highest BCUT2D eigenvalue weighted by molar-refractivity contribution is 5.91. The van der Waals surface area contributed by atoms with Crippen LogP contribution in [0.3, 0.4) is 0 Å². The van der Waals surface area contributed by atoms with E-state index in [2.05, 4.69) is 15.3 Å². The Hall–Kier alpha value is -2.69. The molecular formula is C19H21N3O2. The molecule has 0 spiro atoms. The molecule has 0 radical (unpaired) electrons. The number of carbonyl (C=O) groups excluding carboxylic acids is 1. The van der Waals surface area contributed by atoms with Crippen LogP contribution in [0.4, 0.5) is 0 Å². The largest absolute Gasteiger partial charge is 0.474 e. The normalized spacial score (nSPS) is 14.8. The molecule has 0 aromatic carbocycles. The second-order valence-corrected chi connectivity index (χ2v) is 5.83. The highest BCUT2D eigenvalue weighted by Crippen LogP contribution is 2.24. The van der Waals surface area contributed by atoms with E-state index in [9.17, 15) is 4.79 Å². The van der Waals surface area contributed by atoms with E-state index in [1.54, 1.807) is 24.7 Å². The predicted octanol–water partition coefficient (Wildman–Crippen LogP) is 3.13. The summed E-state index contributed by atoms with van der Waals surface area (Å²) in [5.41, 5.74) is 1.78. The maximum atomic E-state index is 12.0. The second kappa shape index (κ2) is 8.24. The van der Waals surface area contributed by atoms with Crippen LogP contribution in [0.25, 0.3) is 6.08 Å². The molecule has 2 aromatic rings. The summed E-state index contributed by atoms with van der Waals surface area (Å²) in [6.45, 7) is 0.395. The topological polar surface area (TPSA) is 64.1 Å². The van der Waals surface area contributed by atoms with Gasteiger partial charge in [-0.15, -0.1) is 0 Å². The first-order valence-corrected chi connectivity index (χ1v) is 8.28. The van der Waals surface area contributed by atoms with Crippen LogP contribution >= 0.6 is 0 Å². The molecule has 0 atom stereocenters. The van der Waals surface area contributed by atoms with Gasteiger partial charge in [-0.1, -0.05) is 12.1 Å². The van der Waals surface area contributed by atoms with Crippen molar-refractivity contribution in [2.24, 2.45) is 0 Å². The average Bonchev–Trinajstić information content (AvgIpc) is 3.13. The van der Waals surface area contributed by atoms with E-state index in [4.69, 9.17) is 4.74 Å². The average molecular weight is 323 g/mol. The number of hydrogen-bond donors (Lipinski definition) is 1. The van der Waals surface area contributed by atoms with Crippen LogP contribution in [-0.4, -0.2) is 22.0 Å². The van der Waals surface area contributed by atoms with Crippen molar-refractivity contribution in [3.63, 3.8) is 0 Å². The monoisotopic (exact) mass is 323 g/mol. The van der Waals surface area contributed by atoms with Crippen molar-refractivity contribution in [2.45, 2.75) is 38.3 Å². The van der Waals surface area contributed by atoms with E-state index in [1.165, 1.54) is 18.9 Å². The zero-order valence-corrected chi connectivity index (χ0v) is 13.5. The summed E-state index contributed by atoms with van der Waals surface area (Å²) in [5, 5.41) is 2.87. The molecule has 0 aliphatic heterocycles. The minimum atomic E-state index is -0.158. The van der Waals surface area contributed by atoms with Gasteiger partial charge in [0.25, 0.3) is 0 Å². The van der Waals surface area contributed by atoms with Crippen molar-refractivity contribution in [3.8, 4) is 5.88 Å². The first-order valence-electron chi connectivity index (χ1n) is 8.28. The van der Waals surface area contributed by atoms with E-state index >= 15 is 0 Å². The summed E-state index contributed by atoms with van der Waals surface area (Å²) in [4.78, 5) is 20.3. The molecule has 0 saturated heterocycles. The zero-order chi connectivity index (χ0) is 16.6. The lowest BCUT2D eigenvalue weighted by atomic mass is 10.2. The minimum Gasteiger partial charge on any atom is -0.474 e. The highest BCUT2D eigenvalue weighted by atomic mass is 16.5. The van der Waals surface area contributed by atoms with Crippen LogP contribution in [-0.2, 0) is 11.3 Å². The summed E-state index contributed by atoms with van der Waals surface area (Å²) in [7, 11) is 0. The van der Waals surface area contributed by atoms with Crippen LogP contribution < -0.4 is 10.1 Å². The van der Waals surface area contributed by atoms with Gasteiger partial charge in [0.15, 0.2) is 0 Å². The molecule has 0 bridgehead atoms. The lowest BCUT2D eigenvalue weighted by Gasteiger charge is -2.15. The van der Waals surface area contributed by atoms with Gasteiger partial charge in [-0.25, -0.2) is 4.98 Å². The smallest absolute Gasteiger partial charge is 0.244 e. The lowest BCUT2D eigenvalue weighted by Crippen LogP contribution is -2.22. The molecule has 1 aliphatic carbocycles. The molecule has 1 saturated carbocycles. The van der Waals surface area contributed by atoms with Crippen molar-refractivity contribution in [3.05, 3.63) is 60.1 Å². The molecule has 5 nitrogen and oxygen atoms in total. The number of rotatable bonds is 6. The maximum Gasteiger partial charge on any atom is 0.244 e. The minimum absolute atomic E-state index is 0.158. The number of carbonyl (C=O) groups is 1. The molecule has 5 heteroatoms. The Bertz CT molecular complexity index is 695. The summed E-state index contributed by atoms with van der Waals surface area (Å²) < 4.78 is 5.98. The van der Waals surface area contributed by atoms with Gasteiger partial charge >= 0.3 is 0 Å². The Labute approximate surface area is 141 Å². The van der Waals surface area contributed by atoms with Crippen molar-refractivity contribution in [1.82, 2.24) is 15.3 Å². The zero-order valence-electron chi connectivity index (χ0n) is 13.5. The first kappa shape index (κ1) is 16.2. The Morgan fingerprint density at radius 1 is 1.25 bits per heavy atom. The maximum absolute atomic E-state index is 12.0. The van der Waals surface area contributed by atoms with Gasteiger partial charge in [0.1, 0.15) is 6.10 Å². The fourth-order valence-electron chi connectivity index (χ4n) is 2.72. The van der Waals surface area contributed by atoms with E-state index in [-0.39, 0.29) is 12.0 Å². The Morgan fingerprint density at radius 3 is 2.88 bits per heavy atom. The van der Waals surface area contributed by atoms with Crippen molar-refractivity contribution >= 4 is 12.0 Å².